The summed E-state index contributed by atoms with van der Waals surface area (Å²) in [6.07, 6.45) is 3.74. The lowest BCUT2D eigenvalue weighted by Gasteiger charge is -2.08. The van der Waals surface area contributed by atoms with Crippen LogP contribution in [-0.2, 0) is 16.6 Å². The molecule has 0 unspecified atom stereocenters. The lowest BCUT2D eigenvalue weighted by atomic mass is 10.4. The van der Waals surface area contributed by atoms with Crippen LogP contribution in [0.1, 0.15) is 24.6 Å². The fourth-order valence-corrected chi connectivity index (χ4v) is 2.62. The number of aliphatic hydroxyl groups is 1. The number of nitrogens with zero attached hydrogens (tertiary/aromatic N) is 2. The van der Waals surface area contributed by atoms with Gasteiger partial charge in [-0.3, -0.25) is 0 Å². The van der Waals surface area contributed by atoms with Gasteiger partial charge in [-0.1, -0.05) is 0 Å². The van der Waals surface area contributed by atoms with E-state index >= 15 is 0 Å². The van der Waals surface area contributed by atoms with Crippen LogP contribution in [0, 0.1) is 0 Å². The van der Waals surface area contributed by atoms with Gasteiger partial charge in [-0.15, -0.1) is 0 Å². The summed E-state index contributed by atoms with van der Waals surface area (Å²) >= 11 is 0. The van der Waals surface area contributed by atoms with Crippen LogP contribution in [0.2, 0.25) is 0 Å². The second-order valence-electron chi connectivity index (χ2n) is 4.25. The summed E-state index contributed by atoms with van der Waals surface area (Å²) in [5, 5.41) is 9.18. The standard InChI is InChI=1S/C10H16N2O3S/c1-11(2)16(14,15)10-5-9(7-13)12(6-10)8-3-4-8/h5-6,8,13H,3-4,7H2,1-2H3. The van der Waals surface area contributed by atoms with Crippen molar-refractivity contribution in [1.29, 1.82) is 0 Å². The third-order valence-corrected chi connectivity index (χ3v) is 4.57. The minimum absolute atomic E-state index is 0.126. The third-order valence-electron chi connectivity index (χ3n) is 2.79. The smallest absolute Gasteiger partial charge is 0.244 e. The Morgan fingerprint density at radius 2 is 2.12 bits per heavy atom. The third kappa shape index (κ3) is 1.88. The van der Waals surface area contributed by atoms with Crippen molar-refractivity contribution in [3.8, 4) is 0 Å². The number of aliphatic hydroxyl groups excluding tert-OH is 1. The van der Waals surface area contributed by atoms with Crippen molar-refractivity contribution in [3.05, 3.63) is 18.0 Å². The monoisotopic (exact) mass is 244 g/mol. The summed E-state index contributed by atoms with van der Waals surface area (Å²) in [5.41, 5.74) is 0.669. The fraction of sp³-hybridized carbons (Fsp3) is 0.600. The summed E-state index contributed by atoms with van der Waals surface area (Å²) in [6.45, 7) is -0.126. The van der Waals surface area contributed by atoms with Crippen LogP contribution in [0.5, 0.6) is 0 Å². The first kappa shape index (κ1) is 11.6. The highest BCUT2D eigenvalue weighted by molar-refractivity contribution is 7.89. The molecule has 5 nitrogen and oxygen atoms in total. The van der Waals surface area contributed by atoms with Gasteiger partial charge in [0.2, 0.25) is 10.0 Å². The molecule has 0 atom stereocenters. The molecule has 0 aliphatic heterocycles. The van der Waals surface area contributed by atoms with E-state index in [9.17, 15) is 13.5 Å². The van der Waals surface area contributed by atoms with Crippen LogP contribution in [-0.4, -0.2) is 36.5 Å². The SMILES string of the molecule is CN(C)S(=O)(=O)c1cc(CO)n(C2CC2)c1. The number of hydrogen-bond acceptors (Lipinski definition) is 3. The molecule has 1 aliphatic carbocycles. The number of aromatic nitrogens is 1. The van der Waals surface area contributed by atoms with Gasteiger partial charge in [0.25, 0.3) is 0 Å². The maximum Gasteiger partial charge on any atom is 0.244 e. The van der Waals surface area contributed by atoms with Crippen LogP contribution in [0.15, 0.2) is 17.2 Å². The van der Waals surface area contributed by atoms with E-state index in [4.69, 9.17) is 0 Å². The first-order chi connectivity index (χ1) is 7.46. The van der Waals surface area contributed by atoms with Gasteiger partial charge in [0.05, 0.1) is 6.61 Å². The molecule has 1 heterocycles. The Balaban J connectivity index is 2.43. The normalized spacial score (nSPS) is 17.0. The zero-order valence-corrected chi connectivity index (χ0v) is 10.2. The summed E-state index contributed by atoms with van der Waals surface area (Å²) in [6, 6.07) is 1.92. The average Bonchev–Trinajstić information content (AvgIpc) is 2.97. The van der Waals surface area contributed by atoms with E-state index in [2.05, 4.69) is 0 Å². The predicted octanol–water partition coefficient (Wildman–Crippen LogP) is 0.566. The van der Waals surface area contributed by atoms with E-state index in [0.29, 0.717) is 11.7 Å². The van der Waals surface area contributed by atoms with Gasteiger partial charge in [0, 0.05) is 32.0 Å². The molecule has 0 aromatic carbocycles. The first-order valence-corrected chi connectivity index (χ1v) is 6.65. The average molecular weight is 244 g/mol. The first-order valence-electron chi connectivity index (χ1n) is 5.21. The van der Waals surface area contributed by atoms with Crippen molar-refractivity contribution in [3.63, 3.8) is 0 Å². The van der Waals surface area contributed by atoms with E-state index < -0.39 is 10.0 Å². The number of rotatable bonds is 4. The van der Waals surface area contributed by atoms with Crippen molar-refractivity contribution >= 4 is 10.0 Å². The Kier molecular flexibility index (Phi) is 2.81. The van der Waals surface area contributed by atoms with Crippen molar-refractivity contribution in [2.75, 3.05) is 14.1 Å². The molecule has 6 heteroatoms. The van der Waals surface area contributed by atoms with E-state index in [1.165, 1.54) is 18.4 Å². The summed E-state index contributed by atoms with van der Waals surface area (Å²) in [7, 11) is -0.388. The van der Waals surface area contributed by atoms with Gasteiger partial charge in [-0.25, -0.2) is 12.7 Å². The summed E-state index contributed by atoms with van der Waals surface area (Å²) in [4.78, 5) is 0.258. The topological polar surface area (TPSA) is 62.5 Å². The van der Waals surface area contributed by atoms with Gasteiger partial charge < -0.3 is 9.67 Å². The van der Waals surface area contributed by atoms with Gasteiger partial charge in [0.15, 0.2) is 0 Å². The van der Waals surface area contributed by atoms with Crippen molar-refractivity contribution in [2.24, 2.45) is 0 Å². The highest BCUT2D eigenvalue weighted by Crippen LogP contribution is 2.37. The van der Waals surface area contributed by atoms with Crippen molar-refractivity contribution < 1.29 is 13.5 Å². The Bertz CT molecular complexity index is 486. The van der Waals surface area contributed by atoms with Crippen LogP contribution in [0.4, 0.5) is 0 Å². The predicted molar refractivity (Wildman–Crippen MR) is 59.5 cm³/mol. The molecule has 0 radical (unpaired) electrons. The molecule has 1 N–H and O–H groups in total. The maximum absolute atomic E-state index is 11.9. The second kappa shape index (κ2) is 3.87. The second-order valence-corrected chi connectivity index (χ2v) is 6.40. The fourth-order valence-electron chi connectivity index (χ4n) is 1.67. The highest BCUT2D eigenvalue weighted by Gasteiger charge is 2.28. The van der Waals surface area contributed by atoms with Crippen LogP contribution in [0.3, 0.4) is 0 Å². The van der Waals surface area contributed by atoms with Crippen molar-refractivity contribution in [1.82, 2.24) is 8.87 Å². The Morgan fingerprint density at radius 3 is 2.56 bits per heavy atom. The largest absolute Gasteiger partial charge is 0.390 e. The lowest BCUT2D eigenvalue weighted by Crippen LogP contribution is -2.21. The molecule has 0 bridgehead atoms. The molecular weight excluding hydrogens is 228 g/mol. The van der Waals surface area contributed by atoms with E-state index in [-0.39, 0.29) is 11.5 Å². The minimum atomic E-state index is -3.39. The molecule has 0 spiro atoms. The van der Waals surface area contributed by atoms with E-state index in [1.807, 2.05) is 4.57 Å². The van der Waals surface area contributed by atoms with Gasteiger partial charge in [0.1, 0.15) is 4.90 Å². The molecule has 1 aromatic heterocycles. The quantitative estimate of drug-likeness (QED) is 0.842. The van der Waals surface area contributed by atoms with Gasteiger partial charge in [-0.05, 0) is 18.9 Å². The minimum Gasteiger partial charge on any atom is -0.390 e. The maximum atomic E-state index is 11.9. The Morgan fingerprint density at radius 1 is 1.50 bits per heavy atom. The molecule has 2 rings (SSSR count). The molecule has 16 heavy (non-hydrogen) atoms. The van der Waals surface area contributed by atoms with Crippen molar-refractivity contribution in [2.45, 2.75) is 30.4 Å². The zero-order chi connectivity index (χ0) is 11.9. The summed E-state index contributed by atoms with van der Waals surface area (Å²) in [5.74, 6) is 0. The molecule has 1 fully saturated rings. The molecule has 1 aliphatic rings. The van der Waals surface area contributed by atoms with E-state index in [0.717, 1.165) is 12.8 Å². The van der Waals surface area contributed by atoms with Crippen LogP contribution in [0.25, 0.3) is 0 Å². The molecule has 90 valence electrons. The van der Waals surface area contributed by atoms with Gasteiger partial charge >= 0.3 is 0 Å². The lowest BCUT2D eigenvalue weighted by molar-refractivity contribution is 0.270. The highest BCUT2D eigenvalue weighted by atomic mass is 32.2. The zero-order valence-electron chi connectivity index (χ0n) is 9.42. The molecule has 0 saturated heterocycles. The van der Waals surface area contributed by atoms with Gasteiger partial charge in [-0.2, -0.15) is 0 Å². The molecule has 1 saturated carbocycles. The Labute approximate surface area is 95.3 Å². The van der Waals surface area contributed by atoms with Crippen LogP contribution < -0.4 is 0 Å². The van der Waals surface area contributed by atoms with E-state index in [1.54, 1.807) is 12.3 Å². The molecule has 1 aromatic rings. The molecular formula is C10H16N2O3S. The Hall–Kier alpha value is -0.850. The summed E-state index contributed by atoms with van der Waals surface area (Å²) < 4.78 is 26.8. The van der Waals surface area contributed by atoms with Crippen LogP contribution >= 0.6 is 0 Å². The number of sulfonamides is 1. The number of hydrogen-bond donors (Lipinski definition) is 1. The molecule has 0 amide bonds.